The molecule has 0 saturated heterocycles. The molecule has 0 aliphatic rings. The molecule has 0 saturated carbocycles. The molecule has 0 heterocycles. The summed E-state index contributed by atoms with van der Waals surface area (Å²) in [5.41, 5.74) is 9.65. The summed E-state index contributed by atoms with van der Waals surface area (Å²) in [5, 5.41) is 0. The lowest BCUT2D eigenvalue weighted by Gasteiger charge is -2.22. The SMILES string of the molecule is CN(CCCc1ccccc1)c1ccccc1CN. The van der Waals surface area contributed by atoms with Crippen LogP contribution in [0, 0.1) is 0 Å². The van der Waals surface area contributed by atoms with Gasteiger partial charge in [-0.05, 0) is 30.0 Å². The second kappa shape index (κ2) is 6.95. The van der Waals surface area contributed by atoms with Crippen LogP contribution in [0.15, 0.2) is 54.6 Å². The summed E-state index contributed by atoms with van der Waals surface area (Å²) >= 11 is 0. The first-order chi connectivity index (χ1) is 9.31. The van der Waals surface area contributed by atoms with Crippen LogP contribution in [0.1, 0.15) is 17.5 Å². The van der Waals surface area contributed by atoms with E-state index in [1.54, 1.807) is 0 Å². The number of nitrogens with zero attached hydrogens (tertiary/aromatic N) is 1. The number of anilines is 1. The van der Waals surface area contributed by atoms with Crippen LogP contribution in [-0.4, -0.2) is 13.6 Å². The van der Waals surface area contributed by atoms with Gasteiger partial charge in [0.15, 0.2) is 0 Å². The number of benzene rings is 2. The second-order valence-corrected chi connectivity index (χ2v) is 4.84. The van der Waals surface area contributed by atoms with Gasteiger partial charge in [-0.3, -0.25) is 0 Å². The van der Waals surface area contributed by atoms with Crippen molar-refractivity contribution in [2.75, 3.05) is 18.5 Å². The molecule has 2 rings (SSSR count). The quantitative estimate of drug-likeness (QED) is 0.857. The van der Waals surface area contributed by atoms with Gasteiger partial charge in [-0.25, -0.2) is 0 Å². The minimum Gasteiger partial charge on any atom is -0.374 e. The van der Waals surface area contributed by atoms with Crippen LogP contribution < -0.4 is 10.6 Å². The number of hydrogen-bond acceptors (Lipinski definition) is 2. The third-order valence-corrected chi connectivity index (χ3v) is 3.42. The molecule has 2 aromatic rings. The van der Waals surface area contributed by atoms with E-state index in [1.165, 1.54) is 16.8 Å². The molecule has 19 heavy (non-hydrogen) atoms. The number of rotatable bonds is 6. The van der Waals surface area contributed by atoms with Crippen LogP contribution in [0.2, 0.25) is 0 Å². The Morgan fingerprint density at radius 3 is 2.37 bits per heavy atom. The zero-order valence-electron chi connectivity index (χ0n) is 11.5. The highest BCUT2D eigenvalue weighted by atomic mass is 15.1. The Morgan fingerprint density at radius 1 is 0.947 bits per heavy atom. The van der Waals surface area contributed by atoms with Crippen LogP contribution in [0.3, 0.4) is 0 Å². The van der Waals surface area contributed by atoms with Gasteiger partial charge < -0.3 is 10.6 Å². The van der Waals surface area contributed by atoms with Crippen LogP contribution in [0.25, 0.3) is 0 Å². The molecule has 0 aliphatic heterocycles. The molecular weight excluding hydrogens is 232 g/mol. The van der Waals surface area contributed by atoms with Crippen molar-refractivity contribution in [1.29, 1.82) is 0 Å². The van der Waals surface area contributed by atoms with Gasteiger partial charge in [-0.15, -0.1) is 0 Å². The molecule has 2 N–H and O–H groups in total. The maximum Gasteiger partial charge on any atom is 0.0409 e. The molecule has 0 aliphatic carbocycles. The van der Waals surface area contributed by atoms with Gasteiger partial charge in [0.1, 0.15) is 0 Å². The maximum atomic E-state index is 5.78. The van der Waals surface area contributed by atoms with Gasteiger partial charge in [-0.1, -0.05) is 48.5 Å². The van der Waals surface area contributed by atoms with Gasteiger partial charge >= 0.3 is 0 Å². The van der Waals surface area contributed by atoms with E-state index in [9.17, 15) is 0 Å². The van der Waals surface area contributed by atoms with E-state index >= 15 is 0 Å². The molecule has 2 nitrogen and oxygen atoms in total. The third kappa shape index (κ3) is 3.83. The van der Waals surface area contributed by atoms with Crippen molar-refractivity contribution in [3.8, 4) is 0 Å². The van der Waals surface area contributed by atoms with Gasteiger partial charge in [0, 0.05) is 25.8 Å². The summed E-state index contributed by atoms with van der Waals surface area (Å²) in [6.07, 6.45) is 2.27. The lowest BCUT2D eigenvalue weighted by molar-refractivity contribution is 0.781. The van der Waals surface area contributed by atoms with Crippen molar-refractivity contribution in [2.45, 2.75) is 19.4 Å². The van der Waals surface area contributed by atoms with E-state index in [0.29, 0.717) is 6.54 Å². The first kappa shape index (κ1) is 13.6. The van der Waals surface area contributed by atoms with E-state index < -0.39 is 0 Å². The average Bonchev–Trinajstić information content (AvgIpc) is 2.48. The number of aryl methyl sites for hydroxylation is 1. The van der Waals surface area contributed by atoms with Crippen molar-refractivity contribution >= 4 is 5.69 Å². The molecule has 0 fully saturated rings. The Hall–Kier alpha value is -1.80. The Kier molecular flexibility index (Phi) is 4.99. The van der Waals surface area contributed by atoms with Gasteiger partial charge in [0.05, 0.1) is 0 Å². The fourth-order valence-electron chi connectivity index (χ4n) is 2.34. The van der Waals surface area contributed by atoms with Crippen molar-refractivity contribution < 1.29 is 0 Å². The fourth-order valence-corrected chi connectivity index (χ4v) is 2.34. The number of hydrogen-bond donors (Lipinski definition) is 1. The predicted molar refractivity (Wildman–Crippen MR) is 82.4 cm³/mol. The highest BCUT2D eigenvalue weighted by molar-refractivity contribution is 5.52. The molecule has 2 heteroatoms. The smallest absolute Gasteiger partial charge is 0.0409 e. The highest BCUT2D eigenvalue weighted by Crippen LogP contribution is 2.18. The summed E-state index contributed by atoms with van der Waals surface area (Å²) < 4.78 is 0. The van der Waals surface area contributed by atoms with Crippen LogP contribution >= 0.6 is 0 Å². The molecule has 2 aromatic carbocycles. The van der Waals surface area contributed by atoms with E-state index in [1.807, 2.05) is 6.07 Å². The molecule has 0 aromatic heterocycles. The first-order valence-corrected chi connectivity index (χ1v) is 6.84. The third-order valence-electron chi connectivity index (χ3n) is 3.42. The van der Waals surface area contributed by atoms with Crippen LogP contribution in [0.5, 0.6) is 0 Å². The molecule has 0 radical (unpaired) electrons. The summed E-state index contributed by atoms with van der Waals surface area (Å²) in [7, 11) is 2.14. The minimum atomic E-state index is 0.596. The maximum absolute atomic E-state index is 5.78. The van der Waals surface area contributed by atoms with Crippen molar-refractivity contribution in [3.63, 3.8) is 0 Å². The van der Waals surface area contributed by atoms with E-state index in [4.69, 9.17) is 5.73 Å². The Morgan fingerprint density at radius 2 is 1.63 bits per heavy atom. The van der Waals surface area contributed by atoms with E-state index in [2.05, 4.69) is 60.5 Å². The Balaban J connectivity index is 1.89. The Bertz CT molecular complexity index is 494. The first-order valence-electron chi connectivity index (χ1n) is 6.84. The predicted octanol–water partition coefficient (Wildman–Crippen LogP) is 3.21. The monoisotopic (exact) mass is 254 g/mol. The minimum absolute atomic E-state index is 0.596. The zero-order valence-corrected chi connectivity index (χ0v) is 11.5. The molecule has 0 unspecified atom stereocenters. The van der Waals surface area contributed by atoms with Gasteiger partial charge in [0.2, 0.25) is 0 Å². The van der Waals surface area contributed by atoms with E-state index in [-0.39, 0.29) is 0 Å². The lowest BCUT2D eigenvalue weighted by atomic mass is 10.1. The summed E-state index contributed by atoms with van der Waals surface area (Å²) in [6, 6.07) is 19.0. The summed E-state index contributed by atoms with van der Waals surface area (Å²) in [6.45, 7) is 1.64. The zero-order chi connectivity index (χ0) is 13.5. The topological polar surface area (TPSA) is 29.3 Å². The second-order valence-electron chi connectivity index (χ2n) is 4.84. The average molecular weight is 254 g/mol. The standard InChI is InChI=1S/C17H22N2/c1-19(17-12-6-5-11-16(17)14-18)13-7-10-15-8-3-2-4-9-15/h2-6,8-9,11-12H,7,10,13-14,18H2,1H3. The molecular formula is C17H22N2. The van der Waals surface area contributed by atoms with Gasteiger partial charge in [-0.2, -0.15) is 0 Å². The normalized spacial score (nSPS) is 10.4. The molecule has 100 valence electrons. The molecule has 0 spiro atoms. The summed E-state index contributed by atoms with van der Waals surface area (Å²) in [4.78, 5) is 2.30. The number of para-hydroxylation sites is 1. The van der Waals surface area contributed by atoms with Crippen LogP contribution in [0.4, 0.5) is 5.69 Å². The highest BCUT2D eigenvalue weighted by Gasteiger charge is 2.05. The summed E-state index contributed by atoms with van der Waals surface area (Å²) in [5.74, 6) is 0. The Labute approximate surface area is 115 Å². The molecule has 0 amide bonds. The van der Waals surface area contributed by atoms with Crippen molar-refractivity contribution in [1.82, 2.24) is 0 Å². The number of nitrogens with two attached hydrogens (primary N) is 1. The van der Waals surface area contributed by atoms with Crippen molar-refractivity contribution in [2.24, 2.45) is 5.73 Å². The fraction of sp³-hybridized carbons (Fsp3) is 0.294. The lowest BCUT2D eigenvalue weighted by Crippen LogP contribution is -2.21. The largest absolute Gasteiger partial charge is 0.374 e. The van der Waals surface area contributed by atoms with Crippen molar-refractivity contribution in [3.05, 3.63) is 65.7 Å². The van der Waals surface area contributed by atoms with E-state index in [0.717, 1.165) is 19.4 Å². The molecule has 0 bridgehead atoms. The van der Waals surface area contributed by atoms with Crippen LogP contribution in [-0.2, 0) is 13.0 Å². The molecule has 0 atom stereocenters. The van der Waals surface area contributed by atoms with Gasteiger partial charge in [0.25, 0.3) is 0 Å².